The lowest BCUT2D eigenvalue weighted by Crippen LogP contribution is -2.53. The van der Waals surface area contributed by atoms with E-state index in [1.165, 1.54) is 11.0 Å². The van der Waals surface area contributed by atoms with E-state index in [0.29, 0.717) is 13.0 Å². The van der Waals surface area contributed by atoms with Crippen LogP contribution in [0.3, 0.4) is 0 Å². The normalized spacial score (nSPS) is 12.0. The Balaban J connectivity index is 2.04. The van der Waals surface area contributed by atoms with E-state index in [1.54, 1.807) is 0 Å². The molecule has 3 rings (SSSR count). The number of rotatable bonds is 12. The molecule has 11 heteroatoms. The van der Waals surface area contributed by atoms with E-state index in [1.807, 2.05) is 61.5 Å². The SMILES string of the molecule is CCCNC(=O)C(Cc1ccccc1)N(Cc1ccc(Br)cc1)C(=O)CN(c1ccc(F)c(Cl)c1)S(C)(=O)=O. The van der Waals surface area contributed by atoms with Crippen LogP contribution >= 0.6 is 27.5 Å². The van der Waals surface area contributed by atoms with Gasteiger partial charge in [-0.25, -0.2) is 12.8 Å². The summed E-state index contributed by atoms with van der Waals surface area (Å²) in [7, 11) is -3.98. The summed E-state index contributed by atoms with van der Waals surface area (Å²) in [6.07, 6.45) is 1.88. The van der Waals surface area contributed by atoms with Gasteiger partial charge >= 0.3 is 0 Å². The molecule has 0 aliphatic rings. The number of nitrogens with one attached hydrogen (secondary N) is 1. The number of benzene rings is 3. The van der Waals surface area contributed by atoms with E-state index in [2.05, 4.69) is 21.2 Å². The first kappa shape index (κ1) is 30.6. The van der Waals surface area contributed by atoms with Crippen molar-refractivity contribution in [3.8, 4) is 0 Å². The summed E-state index contributed by atoms with van der Waals surface area (Å²) in [6, 6.07) is 19.1. The summed E-state index contributed by atoms with van der Waals surface area (Å²) in [6.45, 7) is 1.80. The van der Waals surface area contributed by atoms with Crippen molar-refractivity contribution in [2.24, 2.45) is 0 Å². The Bertz CT molecular complexity index is 1390. The second-order valence-electron chi connectivity index (χ2n) is 9.01. The molecule has 0 bridgehead atoms. The van der Waals surface area contributed by atoms with Crippen LogP contribution in [0.25, 0.3) is 0 Å². The molecule has 3 aromatic rings. The van der Waals surface area contributed by atoms with Gasteiger partial charge in [-0.05, 0) is 47.9 Å². The molecule has 0 saturated carbocycles. The van der Waals surface area contributed by atoms with Crippen molar-refractivity contribution in [3.63, 3.8) is 0 Å². The van der Waals surface area contributed by atoms with Gasteiger partial charge in [0, 0.05) is 24.0 Å². The molecule has 0 radical (unpaired) electrons. The summed E-state index contributed by atoms with van der Waals surface area (Å²) in [5, 5.41) is 2.60. The lowest BCUT2D eigenvalue weighted by Gasteiger charge is -2.33. The second kappa shape index (κ2) is 13.9. The average Bonchev–Trinajstić information content (AvgIpc) is 2.90. The molecule has 208 valence electrons. The van der Waals surface area contributed by atoms with Crippen molar-refractivity contribution < 1.29 is 22.4 Å². The summed E-state index contributed by atoms with van der Waals surface area (Å²) in [5.41, 5.74) is 1.63. The molecule has 3 aromatic carbocycles. The second-order valence-corrected chi connectivity index (χ2v) is 12.2. The standard InChI is InChI=1S/C28H30BrClFN3O4S/c1-3-15-32-28(36)26(16-20-7-5-4-6-8-20)33(18-21-9-11-22(29)12-10-21)27(35)19-34(39(2,37)38)23-13-14-25(31)24(30)17-23/h4-14,17,26H,3,15-16,18-19H2,1-2H3,(H,32,36). The van der Waals surface area contributed by atoms with Gasteiger partial charge in [-0.1, -0.05) is 76.9 Å². The number of halogens is 3. The number of carbonyl (C=O) groups excluding carboxylic acids is 2. The quantitative estimate of drug-likeness (QED) is 0.297. The minimum atomic E-state index is -3.98. The lowest BCUT2D eigenvalue weighted by atomic mass is 10.0. The summed E-state index contributed by atoms with van der Waals surface area (Å²) < 4.78 is 41.0. The van der Waals surface area contributed by atoms with Crippen LogP contribution < -0.4 is 9.62 Å². The van der Waals surface area contributed by atoms with Gasteiger partial charge in [0.05, 0.1) is 17.0 Å². The first-order chi connectivity index (χ1) is 18.5. The van der Waals surface area contributed by atoms with Gasteiger partial charge in [-0.15, -0.1) is 0 Å². The minimum Gasteiger partial charge on any atom is -0.354 e. The monoisotopic (exact) mass is 637 g/mol. The zero-order chi connectivity index (χ0) is 28.6. The first-order valence-electron chi connectivity index (χ1n) is 12.3. The fourth-order valence-corrected chi connectivity index (χ4v) is 5.24. The molecular weight excluding hydrogens is 609 g/mol. The number of anilines is 1. The van der Waals surface area contributed by atoms with Crippen LogP contribution in [0.2, 0.25) is 5.02 Å². The van der Waals surface area contributed by atoms with Crippen molar-refractivity contribution >= 4 is 55.1 Å². The highest BCUT2D eigenvalue weighted by molar-refractivity contribution is 9.10. The number of sulfonamides is 1. The van der Waals surface area contributed by atoms with Crippen molar-refractivity contribution in [2.75, 3.05) is 23.7 Å². The molecule has 1 atom stereocenters. The Labute approximate surface area is 242 Å². The number of hydrogen-bond acceptors (Lipinski definition) is 4. The predicted molar refractivity (Wildman–Crippen MR) is 156 cm³/mol. The van der Waals surface area contributed by atoms with Gasteiger partial charge in [0.15, 0.2) is 0 Å². The fourth-order valence-electron chi connectivity index (χ4n) is 3.96. The Morgan fingerprint density at radius 2 is 1.69 bits per heavy atom. The Hall–Kier alpha value is -2.95. The Morgan fingerprint density at radius 3 is 2.28 bits per heavy atom. The number of carbonyl (C=O) groups is 2. The lowest BCUT2D eigenvalue weighted by molar-refractivity contribution is -0.140. The highest BCUT2D eigenvalue weighted by Crippen LogP contribution is 2.25. The van der Waals surface area contributed by atoms with E-state index >= 15 is 0 Å². The fraction of sp³-hybridized carbons (Fsp3) is 0.286. The molecular formula is C28H30BrClFN3O4S. The highest BCUT2D eigenvalue weighted by Gasteiger charge is 2.33. The van der Waals surface area contributed by atoms with Gasteiger partial charge in [0.2, 0.25) is 21.8 Å². The van der Waals surface area contributed by atoms with E-state index in [9.17, 15) is 22.4 Å². The van der Waals surface area contributed by atoms with Crippen LogP contribution in [0, 0.1) is 5.82 Å². The van der Waals surface area contributed by atoms with E-state index < -0.39 is 34.3 Å². The molecule has 39 heavy (non-hydrogen) atoms. The van der Waals surface area contributed by atoms with Crippen LogP contribution in [0.15, 0.2) is 77.3 Å². The zero-order valence-corrected chi connectivity index (χ0v) is 24.8. The van der Waals surface area contributed by atoms with Crippen LogP contribution in [0.1, 0.15) is 24.5 Å². The molecule has 0 aliphatic carbocycles. The Kier molecular flexibility index (Phi) is 10.9. The van der Waals surface area contributed by atoms with Gasteiger partial charge in [-0.2, -0.15) is 0 Å². The number of nitrogens with zero attached hydrogens (tertiary/aromatic N) is 2. The van der Waals surface area contributed by atoms with Crippen molar-refractivity contribution in [1.82, 2.24) is 10.2 Å². The minimum absolute atomic E-state index is 0.0379. The molecule has 0 aromatic heterocycles. The number of amides is 2. The molecule has 2 amide bonds. The smallest absolute Gasteiger partial charge is 0.244 e. The van der Waals surface area contributed by atoms with E-state index in [0.717, 1.165) is 38.3 Å². The molecule has 7 nitrogen and oxygen atoms in total. The summed E-state index contributed by atoms with van der Waals surface area (Å²) >= 11 is 9.31. The van der Waals surface area contributed by atoms with Crippen LogP contribution in [0.5, 0.6) is 0 Å². The maximum Gasteiger partial charge on any atom is 0.244 e. The van der Waals surface area contributed by atoms with E-state index in [4.69, 9.17) is 11.6 Å². The molecule has 1 unspecified atom stereocenters. The van der Waals surface area contributed by atoms with Crippen molar-refractivity contribution in [1.29, 1.82) is 0 Å². The third-order valence-electron chi connectivity index (χ3n) is 5.96. The third-order valence-corrected chi connectivity index (χ3v) is 7.92. The molecule has 0 spiro atoms. The third kappa shape index (κ3) is 8.78. The maximum absolute atomic E-state index is 13.9. The molecule has 0 fully saturated rings. The molecule has 0 saturated heterocycles. The van der Waals surface area contributed by atoms with Crippen molar-refractivity contribution in [2.45, 2.75) is 32.4 Å². The van der Waals surface area contributed by atoms with E-state index in [-0.39, 0.29) is 29.6 Å². The molecule has 0 heterocycles. The van der Waals surface area contributed by atoms with Gasteiger partial charge in [-0.3, -0.25) is 13.9 Å². The van der Waals surface area contributed by atoms with Gasteiger partial charge in [0.1, 0.15) is 18.4 Å². The average molecular weight is 639 g/mol. The highest BCUT2D eigenvalue weighted by atomic mass is 79.9. The molecule has 1 N–H and O–H groups in total. The van der Waals surface area contributed by atoms with Crippen molar-refractivity contribution in [3.05, 3.63) is 99.2 Å². The summed E-state index contributed by atoms with van der Waals surface area (Å²) in [4.78, 5) is 28.8. The topological polar surface area (TPSA) is 86.8 Å². The first-order valence-corrected chi connectivity index (χ1v) is 15.3. The Morgan fingerprint density at radius 1 is 1.03 bits per heavy atom. The predicted octanol–water partition coefficient (Wildman–Crippen LogP) is 5.17. The maximum atomic E-state index is 13.9. The van der Waals surface area contributed by atoms with Gasteiger partial charge in [0.25, 0.3) is 0 Å². The van der Waals surface area contributed by atoms with Gasteiger partial charge < -0.3 is 10.2 Å². The van der Waals surface area contributed by atoms with Crippen LogP contribution in [-0.2, 0) is 32.6 Å². The zero-order valence-electron chi connectivity index (χ0n) is 21.6. The largest absolute Gasteiger partial charge is 0.354 e. The van der Waals surface area contributed by atoms with Crippen LogP contribution in [-0.4, -0.2) is 50.5 Å². The number of hydrogen-bond donors (Lipinski definition) is 1. The molecule has 0 aliphatic heterocycles. The van der Waals surface area contributed by atoms with Crippen LogP contribution in [0.4, 0.5) is 10.1 Å². The summed E-state index contributed by atoms with van der Waals surface area (Å²) in [5.74, 6) is -1.66.